The maximum absolute atomic E-state index is 13.7. The molecule has 3 rings (SSSR count). The lowest BCUT2D eigenvalue weighted by atomic mass is 10.2. The van der Waals surface area contributed by atoms with Crippen LogP contribution in [0.2, 0.25) is 5.02 Å². The minimum absolute atomic E-state index is 0.0230. The van der Waals surface area contributed by atoms with E-state index in [9.17, 15) is 9.18 Å². The van der Waals surface area contributed by atoms with Crippen molar-refractivity contribution >= 4 is 28.9 Å². The molecule has 114 valence electrons. The van der Waals surface area contributed by atoms with Crippen molar-refractivity contribution in [3.63, 3.8) is 0 Å². The van der Waals surface area contributed by atoms with E-state index >= 15 is 0 Å². The molecule has 1 saturated heterocycles. The van der Waals surface area contributed by atoms with Gasteiger partial charge >= 0.3 is 0 Å². The number of hydrogen-bond donors (Lipinski definition) is 1. The summed E-state index contributed by atoms with van der Waals surface area (Å²) in [5, 5.41) is 3.31. The van der Waals surface area contributed by atoms with Gasteiger partial charge in [-0.25, -0.2) is 4.39 Å². The van der Waals surface area contributed by atoms with E-state index in [0.29, 0.717) is 10.7 Å². The summed E-state index contributed by atoms with van der Waals surface area (Å²) in [6.45, 7) is 1.90. The molecule has 0 aliphatic carbocycles. The SMILES string of the molecule is O=C(Nc1cc(Cl)ccc1N1CCCC1)c1ccccc1F. The fourth-order valence-corrected chi connectivity index (χ4v) is 2.85. The van der Waals surface area contributed by atoms with E-state index in [2.05, 4.69) is 10.2 Å². The largest absolute Gasteiger partial charge is 0.370 e. The quantitative estimate of drug-likeness (QED) is 0.913. The molecule has 2 aromatic rings. The molecule has 1 N–H and O–H groups in total. The number of carbonyl (C=O) groups excluding carboxylic acids is 1. The highest BCUT2D eigenvalue weighted by atomic mass is 35.5. The van der Waals surface area contributed by atoms with E-state index in [4.69, 9.17) is 11.6 Å². The second kappa shape index (κ2) is 6.36. The summed E-state index contributed by atoms with van der Waals surface area (Å²) in [7, 11) is 0. The Morgan fingerprint density at radius 2 is 1.86 bits per heavy atom. The number of benzene rings is 2. The second-order valence-corrected chi connectivity index (χ2v) is 5.73. The van der Waals surface area contributed by atoms with E-state index < -0.39 is 11.7 Å². The van der Waals surface area contributed by atoms with Gasteiger partial charge in [-0.15, -0.1) is 0 Å². The van der Waals surface area contributed by atoms with Gasteiger partial charge in [0.15, 0.2) is 0 Å². The van der Waals surface area contributed by atoms with E-state index in [1.54, 1.807) is 24.3 Å². The lowest BCUT2D eigenvalue weighted by Gasteiger charge is -2.22. The van der Waals surface area contributed by atoms with Gasteiger partial charge in [-0.05, 0) is 43.2 Å². The van der Waals surface area contributed by atoms with Crippen LogP contribution in [0.1, 0.15) is 23.2 Å². The van der Waals surface area contributed by atoms with Crippen molar-refractivity contribution in [2.75, 3.05) is 23.3 Å². The van der Waals surface area contributed by atoms with Crippen LogP contribution in [0.4, 0.5) is 15.8 Å². The molecule has 5 heteroatoms. The van der Waals surface area contributed by atoms with Crippen LogP contribution in [0.15, 0.2) is 42.5 Å². The van der Waals surface area contributed by atoms with Crippen LogP contribution in [0.5, 0.6) is 0 Å². The molecule has 1 heterocycles. The minimum atomic E-state index is -0.537. The van der Waals surface area contributed by atoms with Gasteiger partial charge < -0.3 is 10.2 Å². The lowest BCUT2D eigenvalue weighted by Crippen LogP contribution is -2.21. The molecular formula is C17H16ClFN2O. The Morgan fingerprint density at radius 3 is 2.59 bits per heavy atom. The molecule has 3 nitrogen and oxygen atoms in total. The van der Waals surface area contributed by atoms with Crippen molar-refractivity contribution < 1.29 is 9.18 Å². The van der Waals surface area contributed by atoms with E-state index in [-0.39, 0.29) is 5.56 Å². The first-order valence-electron chi connectivity index (χ1n) is 7.25. The molecule has 0 atom stereocenters. The number of hydrogen-bond acceptors (Lipinski definition) is 2. The van der Waals surface area contributed by atoms with Gasteiger partial charge in [0, 0.05) is 18.1 Å². The number of carbonyl (C=O) groups is 1. The normalized spacial score (nSPS) is 14.2. The monoisotopic (exact) mass is 318 g/mol. The first-order valence-corrected chi connectivity index (χ1v) is 7.63. The Balaban J connectivity index is 1.89. The number of halogens is 2. The summed E-state index contributed by atoms with van der Waals surface area (Å²) < 4.78 is 13.7. The molecule has 0 bridgehead atoms. The predicted octanol–water partition coefficient (Wildman–Crippen LogP) is 4.33. The van der Waals surface area contributed by atoms with Crippen LogP contribution in [0.25, 0.3) is 0 Å². The number of amides is 1. The van der Waals surface area contributed by atoms with Crippen molar-refractivity contribution in [1.29, 1.82) is 0 Å². The van der Waals surface area contributed by atoms with Crippen LogP contribution < -0.4 is 10.2 Å². The third kappa shape index (κ3) is 3.07. The zero-order chi connectivity index (χ0) is 15.5. The third-order valence-electron chi connectivity index (χ3n) is 3.77. The number of anilines is 2. The first-order chi connectivity index (χ1) is 10.6. The summed E-state index contributed by atoms with van der Waals surface area (Å²) in [5.41, 5.74) is 1.56. The molecule has 0 radical (unpaired) electrons. The topological polar surface area (TPSA) is 32.3 Å². The van der Waals surface area contributed by atoms with Gasteiger partial charge in [0.2, 0.25) is 0 Å². The molecule has 0 aromatic heterocycles. The van der Waals surface area contributed by atoms with Gasteiger partial charge in [-0.1, -0.05) is 23.7 Å². The Bertz CT molecular complexity index is 699. The third-order valence-corrected chi connectivity index (χ3v) is 4.01. The van der Waals surface area contributed by atoms with E-state index in [1.807, 2.05) is 6.07 Å². The number of nitrogens with zero attached hydrogens (tertiary/aromatic N) is 1. The maximum atomic E-state index is 13.7. The fourth-order valence-electron chi connectivity index (χ4n) is 2.68. The van der Waals surface area contributed by atoms with Crippen LogP contribution in [-0.4, -0.2) is 19.0 Å². The Morgan fingerprint density at radius 1 is 1.14 bits per heavy atom. The highest BCUT2D eigenvalue weighted by Gasteiger charge is 2.18. The molecule has 0 unspecified atom stereocenters. The van der Waals surface area contributed by atoms with Crippen molar-refractivity contribution in [3.8, 4) is 0 Å². The Hall–Kier alpha value is -2.07. The molecular weight excluding hydrogens is 303 g/mol. The lowest BCUT2D eigenvalue weighted by molar-refractivity contribution is 0.102. The van der Waals surface area contributed by atoms with Crippen LogP contribution in [0.3, 0.4) is 0 Å². The van der Waals surface area contributed by atoms with E-state index in [0.717, 1.165) is 31.6 Å². The summed E-state index contributed by atoms with van der Waals surface area (Å²) in [6, 6.07) is 11.3. The first kappa shape index (κ1) is 14.9. The molecule has 1 amide bonds. The molecule has 1 aliphatic rings. The standard InChI is InChI=1S/C17H16ClFN2O/c18-12-7-8-16(21-9-3-4-10-21)15(11-12)20-17(22)13-5-1-2-6-14(13)19/h1-2,5-8,11H,3-4,9-10H2,(H,20,22). The number of nitrogens with one attached hydrogen (secondary N) is 1. The van der Waals surface area contributed by atoms with E-state index in [1.165, 1.54) is 12.1 Å². The van der Waals surface area contributed by atoms with Crippen LogP contribution in [0, 0.1) is 5.82 Å². The highest BCUT2D eigenvalue weighted by molar-refractivity contribution is 6.31. The molecule has 0 spiro atoms. The molecule has 0 saturated carbocycles. The van der Waals surface area contributed by atoms with Gasteiger partial charge in [0.1, 0.15) is 5.82 Å². The zero-order valence-corrected chi connectivity index (χ0v) is 12.7. The smallest absolute Gasteiger partial charge is 0.258 e. The van der Waals surface area contributed by atoms with Crippen molar-refractivity contribution in [3.05, 3.63) is 58.9 Å². The summed E-state index contributed by atoms with van der Waals surface area (Å²) >= 11 is 6.04. The van der Waals surface area contributed by atoms with Crippen LogP contribution in [-0.2, 0) is 0 Å². The Labute approximate surface area is 133 Å². The average molecular weight is 319 g/mol. The molecule has 1 aliphatic heterocycles. The molecule has 1 fully saturated rings. The van der Waals surface area contributed by atoms with Gasteiger partial charge in [-0.3, -0.25) is 4.79 Å². The van der Waals surface area contributed by atoms with Gasteiger partial charge in [-0.2, -0.15) is 0 Å². The molecule has 22 heavy (non-hydrogen) atoms. The summed E-state index contributed by atoms with van der Waals surface area (Å²) in [5.74, 6) is -1.01. The highest BCUT2D eigenvalue weighted by Crippen LogP contribution is 2.32. The zero-order valence-electron chi connectivity index (χ0n) is 12.0. The molecule has 2 aromatic carbocycles. The van der Waals surface area contributed by atoms with Crippen molar-refractivity contribution in [2.45, 2.75) is 12.8 Å². The van der Waals surface area contributed by atoms with Crippen molar-refractivity contribution in [2.24, 2.45) is 0 Å². The minimum Gasteiger partial charge on any atom is -0.370 e. The number of rotatable bonds is 3. The summed E-state index contributed by atoms with van der Waals surface area (Å²) in [4.78, 5) is 14.5. The average Bonchev–Trinajstić information content (AvgIpc) is 3.02. The Kier molecular flexibility index (Phi) is 4.29. The maximum Gasteiger partial charge on any atom is 0.258 e. The summed E-state index contributed by atoms with van der Waals surface area (Å²) in [6.07, 6.45) is 2.26. The predicted molar refractivity (Wildman–Crippen MR) is 87.3 cm³/mol. The van der Waals surface area contributed by atoms with Gasteiger partial charge in [0.25, 0.3) is 5.91 Å². The van der Waals surface area contributed by atoms with Crippen LogP contribution >= 0.6 is 11.6 Å². The fraction of sp³-hybridized carbons (Fsp3) is 0.235. The van der Waals surface area contributed by atoms with Gasteiger partial charge in [0.05, 0.1) is 16.9 Å². The van der Waals surface area contributed by atoms with Crippen molar-refractivity contribution in [1.82, 2.24) is 0 Å². The second-order valence-electron chi connectivity index (χ2n) is 5.29.